The van der Waals surface area contributed by atoms with Crippen LogP contribution in [0.15, 0.2) is 36.7 Å². The van der Waals surface area contributed by atoms with Crippen LogP contribution in [0.25, 0.3) is 21.8 Å². The molecule has 0 aliphatic rings. The minimum absolute atomic E-state index is 0.656. The van der Waals surface area contributed by atoms with Crippen LogP contribution in [0.1, 0.15) is 0 Å². The first-order valence-electron chi connectivity index (χ1n) is 4.27. The molecule has 68 valence electrons. The molecule has 0 saturated carbocycles. The van der Waals surface area contributed by atoms with Gasteiger partial charge in [-0.2, -0.15) is 0 Å². The van der Waals surface area contributed by atoms with Crippen molar-refractivity contribution in [2.75, 3.05) is 0 Å². The van der Waals surface area contributed by atoms with Gasteiger partial charge in [-0.05, 0) is 0 Å². The normalized spacial score (nSPS) is 11.1. The van der Waals surface area contributed by atoms with Gasteiger partial charge < -0.3 is 5.21 Å². The summed E-state index contributed by atoms with van der Waals surface area (Å²) in [5.41, 5.74) is 1.36. The molecule has 0 atom stereocenters. The van der Waals surface area contributed by atoms with E-state index >= 15 is 0 Å². The first-order chi connectivity index (χ1) is 6.86. The number of pyridine rings is 1. The van der Waals surface area contributed by atoms with Gasteiger partial charge in [0.05, 0.1) is 6.20 Å². The van der Waals surface area contributed by atoms with E-state index in [9.17, 15) is 5.21 Å². The Bertz CT molecular complexity index is 615. The van der Waals surface area contributed by atoms with Crippen molar-refractivity contribution >= 4 is 21.8 Å². The van der Waals surface area contributed by atoms with Crippen molar-refractivity contribution in [2.45, 2.75) is 0 Å². The molecule has 0 unspecified atom stereocenters. The first kappa shape index (κ1) is 7.32. The molecule has 3 rings (SSSR count). The van der Waals surface area contributed by atoms with Crippen LogP contribution in [-0.2, 0) is 0 Å². The summed E-state index contributed by atoms with van der Waals surface area (Å²) in [5.74, 6) is 0. The lowest BCUT2D eigenvalue weighted by Crippen LogP contribution is -1.92. The molecule has 3 aromatic rings. The quantitative estimate of drug-likeness (QED) is 0.543. The Morgan fingerprint density at radius 1 is 1.14 bits per heavy atom. The lowest BCUT2D eigenvalue weighted by atomic mass is 10.1. The van der Waals surface area contributed by atoms with E-state index in [1.807, 2.05) is 24.3 Å². The van der Waals surface area contributed by atoms with Crippen LogP contribution < -0.4 is 0 Å². The number of fused-ring (bicyclic) bond motifs is 3. The number of hydrogen-bond donors (Lipinski definition) is 1. The number of benzene rings is 1. The molecule has 1 aromatic carbocycles. The zero-order valence-electron chi connectivity index (χ0n) is 7.25. The third-order valence-electron chi connectivity index (χ3n) is 2.29. The van der Waals surface area contributed by atoms with Gasteiger partial charge in [-0.25, -0.2) is 0 Å². The molecular weight excluding hydrogens is 178 g/mol. The Morgan fingerprint density at radius 3 is 2.93 bits per heavy atom. The summed E-state index contributed by atoms with van der Waals surface area (Å²) in [6, 6.07) is 7.76. The number of aromatic nitrogens is 3. The van der Waals surface area contributed by atoms with Crippen LogP contribution >= 0.6 is 0 Å². The van der Waals surface area contributed by atoms with Crippen LogP contribution in [0, 0.1) is 0 Å². The molecule has 0 aliphatic carbocycles. The van der Waals surface area contributed by atoms with Crippen LogP contribution in [0.4, 0.5) is 0 Å². The molecule has 0 aliphatic heterocycles. The highest BCUT2D eigenvalue weighted by Crippen LogP contribution is 2.21. The molecule has 1 N–H and O–H groups in total. The molecule has 0 radical (unpaired) electrons. The monoisotopic (exact) mass is 185 g/mol. The Balaban J connectivity index is 2.65. The zero-order chi connectivity index (χ0) is 9.54. The molecule has 0 bridgehead atoms. The molecular formula is C10H7N3O. The maximum absolute atomic E-state index is 9.47. The molecule has 2 aromatic heterocycles. The van der Waals surface area contributed by atoms with E-state index in [1.165, 1.54) is 0 Å². The van der Waals surface area contributed by atoms with E-state index in [-0.39, 0.29) is 0 Å². The molecule has 4 heteroatoms. The fraction of sp³-hybridized carbons (Fsp3) is 0. The maximum atomic E-state index is 9.47. The van der Waals surface area contributed by atoms with Gasteiger partial charge in [0.15, 0.2) is 0 Å². The minimum Gasteiger partial charge on any atom is -0.411 e. The molecule has 0 amide bonds. The highest BCUT2D eigenvalue weighted by Gasteiger charge is 2.06. The highest BCUT2D eigenvalue weighted by molar-refractivity contribution is 6.02. The SMILES string of the molecule is On1ncc2ncc3ccccc3c21. The average Bonchev–Trinajstić information content (AvgIpc) is 2.61. The molecule has 0 spiro atoms. The second-order valence-corrected chi connectivity index (χ2v) is 3.11. The summed E-state index contributed by atoms with van der Waals surface area (Å²) < 4.78 is 0. The van der Waals surface area contributed by atoms with Crippen molar-refractivity contribution in [3.63, 3.8) is 0 Å². The van der Waals surface area contributed by atoms with Gasteiger partial charge in [0.2, 0.25) is 0 Å². The predicted octanol–water partition coefficient (Wildman–Crippen LogP) is 1.82. The topological polar surface area (TPSA) is 50.9 Å². The first-order valence-corrected chi connectivity index (χ1v) is 4.27. The summed E-state index contributed by atoms with van der Waals surface area (Å²) >= 11 is 0. The van der Waals surface area contributed by atoms with E-state index in [0.29, 0.717) is 11.0 Å². The minimum atomic E-state index is 0.656. The number of rotatable bonds is 0. The van der Waals surface area contributed by atoms with Crippen molar-refractivity contribution in [3.8, 4) is 0 Å². The number of hydrogen-bond acceptors (Lipinski definition) is 3. The number of nitrogens with zero attached hydrogens (tertiary/aromatic N) is 3. The fourth-order valence-electron chi connectivity index (χ4n) is 1.64. The lowest BCUT2D eigenvalue weighted by molar-refractivity contribution is 0.162. The summed E-state index contributed by atoms with van der Waals surface area (Å²) in [6.07, 6.45) is 3.32. The summed E-state index contributed by atoms with van der Waals surface area (Å²) in [6.45, 7) is 0. The van der Waals surface area contributed by atoms with Gasteiger partial charge in [0.25, 0.3) is 0 Å². The molecule has 4 nitrogen and oxygen atoms in total. The van der Waals surface area contributed by atoms with Gasteiger partial charge in [-0.15, -0.1) is 5.10 Å². The zero-order valence-corrected chi connectivity index (χ0v) is 7.25. The van der Waals surface area contributed by atoms with Crippen LogP contribution in [0.5, 0.6) is 0 Å². The predicted molar refractivity (Wildman–Crippen MR) is 52.2 cm³/mol. The van der Waals surface area contributed by atoms with Gasteiger partial charge in [-0.3, -0.25) is 4.98 Å². The summed E-state index contributed by atoms with van der Waals surface area (Å²) in [5, 5.41) is 15.2. The second kappa shape index (κ2) is 2.45. The Morgan fingerprint density at radius 2 is 2.00 bits per heavy atom. The fourth-order valence-corrected chi connectivity index (χ4v) is 1.64. The lowest BCUT2D eigenvalue weighted by Gasteiger charge is -1.98. The van der Waals surface area contributed by atoms with Crippen molar-refractivity contribution < 1.29 is 5.21 Å². The second-order valence-electron chi connectivity index (χ2n) is 3.11. The van der Waals surface area contributed by atoms with E-state index < -0.39 is 0 Å². The Kier molecular flexibility index (Phi) is 1.28. The van der Waals surface area contributed by atoms with Crippen molar-refractivity contribution in [1.29, 1.82) is 0 Å². The van der Waals surface area contributed by atoms with Gasteiger partial charge in [0.1, 0.15) is 11.0 Å². The van der Waals surface area contributed by atoms with Crippen LogP contribution in [0.2, 0.25) is 0 Å². The van der Waals surface area contributed by atoms with Crippen molar-refractivity contribution in [2.24, 2.45) is 0 Å². The Labute approximate surface area is 79.4 Å². The molecule has 0 saturated heterocycles. The smallest absolute Gasteiger partial charge is 0.136 e. The third kappa shape index (κ3) is 0.821. The van der Waals surface area contributed by atoms with Gasteiger partial charge in [0, 0.05) is 17.0 Å². The third-order valence-corrected chi connectivity index (χ3v) is 2.29. The van der Waals surface area contributed by atoms with E-state index in [2.05, 4.69) is 10.1 Å². The highest BCUT2D eigenvalue weighted by atomic mass is 16.5. The van der Waals surface area contributed by atoms with Crippen LogP contribution in [-0.4, -0.2) is 20.1 Å². The largest absolute Gasteiger partial charge is 0.411 e. The molecule has 2 heterocycles. The van der Waals surface area contributed by atoms with Crippen molar-refractivity contribution in [1.82, 2.24) is 14.9 Å². The molecule has 0 fully saturated rings. The van der Waals surface area contributed by atoms with E-state index in [1.54, 1.807) is 12.4 Å². The van der Waals surface area contributed by atoms with Crippen LogP contribution in [0.3, 0.4) is 0 Å². The Hall–Kier alpha value is -2.10. The van der Waals surface area contributed by atoms with Gasteiger partial charge in [-0.1, -0.05) is 29.1 Å². The summed E-state index contributed by atoms with van der Waals surface area (Å²) in [4.78, 5) is 5.05. The maximum Gasteiger partial charge on any atom is 0.136 e. The molecule has 14 heavy (non-hydrogen) atoms. The summed E-state index contributed by atoms with van der Waals surface area (Å²) in [7, 11) is 0. The van der Waals surface area contributed by atoms with E-state index in [0.717, 1.165) is 15.6 Å². The average molecular weight is 185 g/mol. The van der Waals surface area contributed by atoms with Gasteiger partial charge >= 0.3 is 0 Å². The van der Waals surface area contributed by atoms with Crippen molar-refractivity contribution in [3.05, 3.63) is 36.7 Å². The van der Waals surface area contributed by atoms with E-state index in [4.69, 9.17) is 0 Å². The standard InChI is InChI=1S/C10H7N3O/c14-13-10-8-4-2-1-3-7(8)5-11-9(10)6-12-13/h1-6,14H.